The predicted octanol–water partition coefficient (Wildman–Crippen LogP) is 1.12. The Bertz CT molecular complexity index is 380. The van der Waals surface area contributed by atoms with Crippen molar-refractivity contribution in [3.8, 4) is 0 Å². The lowest BCUT2D eigenvalue weighted by Gasteiger charge is -1.97. The maximum absolute atomic E-state index is 11.2. The zero-order valence-corrected chi connectivity index (χ0v) is 11.0. The summed E-state index contributed by atoms with van der Waals surface area (Å²) in [7, 11) is 0. The molecule has 0 aliphatic carbocycles. The molecule has 2 N–H and O–H groups in total. The van der Waals surface area contributed by atoms with E-state index in [1.54, 1.807) is 0 Å². The summed E-state index contributed by atoms with van der Waals surface area (Å²) in [5.41, 5.74) is 5.92. The third-order valence-corrected chi connectivity index (χ3v) is 1.99. The second-order valence-corrected chi connectivity index (χ2v) is 3.46. The van der Waals surface area contributed by atoms with E-state index < -0.39 is 11.8 Å². The van der Waals surface area contributed by atoms with Crippen LogP contribution < -0.4 is 10.9 Å². The van der Waals surface area contributed by atoms with E-state index in [1.807, 2.05) is 39.8 Å². The highest BCUT2D eigenvalue weighted by Crippen LogP contribution is 1.85. The Morgan fingerprint density at radius 3 is 1.44 bits per heavy atom. The van der Waals surface area contributed by atoms with Crippen molar-refractivity contribution < 1.29 is 9.59 Å². The van der Waals surface area contributed by atoms with Crippen molar-refractivity contribution in [3.05, 3.63) is 23.3 Å². The van der Waals surface area contributed by atoms with Gasteiger partial charge in [-0.1, -0.05) is 12.2 Å². The SMILES string of the molecule is C/C=C(C)\C=N\NC(=O)C(=O)N/N=C\C(C)=C\C. The molecule has 0 heterocycles. The van der Waals surface area contributed by atoms with Crippen LogP contribution in [0.15, 0.2) is 33.5 Å². The van der Waals surface area contributed by atoms with Gasteiger partial charge >= 0.3 is 11.8 Å². The van der Waals surface area contributed by atoms with Crippen LogP contribution in [0.5, 0.6) is 0 Å². The number of carbonyl (C=O) groups is 2. The molecular formula is C12H18N4O2. The largest absolute Gasteiger partial charge is 0.331 e. The molecule has 0 aromatic heterocycles. The number of carbonyl (C=O) groups excluding carboxylic acids is 2. The summed E-state index contributed by atoms with van der Waals surface area (Å²) in [6.07, 6.45) is 6.52. The van der Waals surface area contributed by atoms with Crippen molar-refractivity contribution in [2.24, 2.45) is 10.2 Å². The molecule has 0 rings (SSSR count). The average molecular weight is 250 g/mol. The maximum Gasteiger partial charge on any atom is 0.331 e. The molecule has 98 valence electrons. The van der Waals surface area contributed by atoms with Gasteiger partial charge in [0, 0.05) is 12.4 Å². The zero-order valence-electron chi connectivity index (χ0n) is 11.0. The highest BCUT2D eigenvalue weighted by atomic mass is 16.2. The van der Waals surface area contributed by atoms with E-state index in [1.165, 1.54) is 12.4 Å². The molecule has 6 nitrogen and oxygen atoms in total. The van der Waals surface area contributed by atoms with Crippen LogP contribution in [0.2, 0.25) is 0 Å². The minimum absolute atomic E-state index is 0.870. The molecule has 0 spiro atoms. The molecule has 0 aliphatic rings. The molecule has 0 aromatic carbocycles. The summed E-state index contributed by atoms with van der Waals surface area (Å²) in [6, 6.07) is 0. The van der Waals surface area contributed by atoms with Crippen LogP contribution in [-0.2, 0) is 9.59 Å². The minimum atomic E-state index is -0.870. The zero-order chi connectivity index (χ0) is 14.0. The Balaban J connectivity index is 4.17. The number of rotatable bonds is 4. The molecule has 0 bridgehead atoms. The number of nitrogens with one attached hydrogen (secondary N) is 2. The van der Waals surface area contributed by atoms with E-state index in [2.05, 4.69) is 21.1 Å². The topological polar surface area (TPSA) is 82.9 Å². The van der Waals surface area contributed by atoms with Gasteiger partial charge in [0.15, 0.2) is 0 Å². The fourth-order valence-corrected chi connectivity index (χ4v) is 0.636. The Morgan fingerprint density at radius 2 is 1.17 bits per heavy atom. The summed E-state index contributed by atoms with van der Waals surface area (Å²) in [5, 5.41) is 7.21. The van der Waals surface area contributed by atoms with Crippen LogP contribution in [0.3, 0.4) is 0 Å². The first-order valence-corrected chi connectivity index (χ1v) is 5.43. The summed E-state index contributed by atoms with van der Waals surface area (Å²) >= 11 is 0. The van der Waals surface area contributed by atoms with Crippen molar-refractivity contribution in [2.75, 3.05) is 0 Å². The van der Waals surface area contributed by atoms with Crippen LogP contribution in [0.25, 0.3) is 0 Å². The van der Waals surface area contributed by atoms with Gasteiger partial charge in [0.25, 0.3) is 0 Å². The molecule has 0 saturated heterocycles. The third kappa shape index (κ3) is 7.10. The van der Waals surface area contributed by atoms with Gasteiger partial charge < -0.3 is 0 Å². The van der Waals surface area contributed by atoms with E-state index in [0.29, 0.717) is 0 Å². The molecule has 0 aromatic rings. The van der Waals surface area contributed by atoms with Crippen LogP contribution in [0, 0.1) is 0 Å². The molecule has 0 radical (unpaired) electrons. The quantitative estimate of drug-likeness (QED) is 0.445. The lowest BCUT2D eigenvalue weighted by Crippen LogP contribution is -2.35. The van der Waals surface area contributed by atoms with E-state index in [9.17, 15) is 9.59 Å². The molecule has 0 fully saturated rings. The van der Waals surface area contributed by atoms with Gasteiger partial charge in [0.1, 0.15) is 0 Å². The molecule has 2 amide bonds. The maximum atomic E-state index is 11.2. The van der Waals surface area contributed by atoms with E-state index >= 15 is 0 Å². The standard InChI is InChI=1S/C12H18N4O2/c1-5-9(3)7-13-15-11(17)12(18)16-14-8-10(4)6-2/h5-8H,1-4H3,(H,15,17)(H,16,18)/b9-5-,10-6+,13-7+,14-8-. The van der Waals surface area contributed by atoms with Crippen molar-refractivity contribution in [1.29, 1.82) is 0 Å². The Labute approximate surface area is 107 Å². The molecule has 0 saturated carbocycles. The van der Waals surface area contributed by atoms with Gasteiger partial charge in [-0.2, -0.15) is 10.2 Å². The van der Waals surface area contributed by atoms with Crippen LogP contribution in [0.1, 0.15) is 27.7 Å². The lowest BCUT2D eigenvalue weighted by atomic mass is 10.3. The van der Waals surface area contributed by atoms with E-state index in [0.717, 1.165) is 11.1 Å². The lowest BCUT2D eigenvalue weighted by molar-refractivity contribution is -0.139. The molecule has 0 aliphatic heterocycles. The molecule has 18 heavy (non-hydrogen) atoms. The number of allylic oxidation sites excluding steroid dienone is 4. The van der Waals surface area contributed by atoms with Crippen LogP contribution in [0.4, 0.5) is 0 Å². The van der Waals surface area contributed by atoms with E-state index in [-0.39, 0.29) is 0 Å². The second-order valence-electron chi connectivity index (χ2n) is 3.46. The third-order valence-electron chi connectivity index (χ3n) is 1.99. The van der Waals surface area contributed by atoms with Gasteiger partial charge in [-0.3, -0.25) is 9.59 Å². The van der Waals surface area contributed by atoms with Gasteiger partial charge in [-0.05, 0) is 38.8 Å². The highest BCUT2D eigenvalue weighted by molar-refractivity contribution is 6.35. The fourth-order valence-electron chi connectivity index (χ4n) is 0.636. The van der Waals surface area contributed by atoms with Crippen LogP contribution >= 0.6 is 0 Å². The molecule has 6 heteroatoms. The first-order chi connectivity index (χ1) is 8.51. The normalized spacial score (nSPS) is 13.1. The number of hydrogen-bond acceptors (Lipinski definition) is 4. The van der Waals surface area contributed by atoms with Crippen molar-refractivity contribution >= 4 is 24.2 Å². The number of amides is 2. The number of nitrogens with zero attached hydrogens (tertiary/aromatic N) is 2. The Kier molecular flexibility index (Phi) is 7.76. The summed E-state index contributed by atoms with van der Waals surface area (Å²) in [5.74, 6) is -1.74. The van der Waals surface area contributed by atoms with Gasteiger partial charge in [0.05, 0.1) is 0 Å². The van der Waals surface area contributed by atoms with Crippen molar-refractivity contribution in [2.45, 2.75) is 27.7 Å². The number of hydrazone groups is 2. The molecular weight excluding hydrogens is 232 g/mol. The highest BCUT2D eigenvalue weighted by Gasteiger charge is 2.10. The monoisotopic (exact) mass is 250 g/mol. The Hall–Kier alpha value is -2.24. The van der Waals surface area contributed by atoms with Crippen LogP contribution in [-0.4, -0.2) is 24.2 Å². The minimum Gasteiger partial charge on any atom is -0.262 e. The van der Waals surface area contributed by atoms with E-state index in [4.69, 9.17) is 0 Å². The average Bonchev–Trinajstić information content (AvgIpc) is 2.37. The van der Waals surface area contributed by atoms with Crippen molar-refractivity contribution in [1.82, 2.24) is 10.9 Å². The predicted molar refractivity (Wildman–Crippen MR) is 72.1 cm³/mol. The molecule has 0 unspecified atom stereocenters. The summed E-state index contributed by atoms with van der Waals surface area (Å²) in [6.45, 7) is 7.32. The molecule has 0 atom stereocenters. The Morgan fingerprint density at radius 1 is 0.833 bits per heavy atom. The second kappa shape index (κ2) is 8.86. The first kappa shape index (κ1) is 15.8. The van der Waals surface area contributed by atoms with Gasteiger partial charge in [0.2, 0.25) is 0 Å². The number of hydrogen-bond donors (Lipinski definition) is 2. The fraction of sp³-hybridized carbons (Fsp3) is 0.333. The first-order valence-electron chi connectivity index (χ1n) is 5.43. The van der Waals surface area contributed by atoms with Gasteiger partial charge in [-0.25, -0.2) is 10.9 Å². The smallest absolute Gasteiger partial charge is 0.262 e. The van der Waals surface area contributed by atoms with Gasteiger partial charge in [-0.15, -0.1) is 0 Å². The summed E-state index contributed by atoms with van der Waals surface area (Å²) < 4.78 is 0. The summed E-state index contributed by atoms with van der Waals surface area (Å²) in [4.78, 5) is 22.4. The van der Waals surface area contributed by atoms with Crippen molar-refractivity contribution in [3.63, 3.8) is 0 Å².